The Kier molecular flexibility index (Phi) is 8.21. The molecule has 4 aromatic rings. The Hall–Kier alpha value is -4.01. The van der Waals surface area contributed by atoms with E-state index in [1.807, 2.05) is 19.0 Å². The second-order valence-corrected chi connectivity index (χ2v) is 10.5. The number of nitrogens with one attached hydrogen (secondary N) is 1. The lowest BCUT2D eigenvalue weighted by molar-refractivity contribution is -0.137. The fourth-order valence-corrected chi connectivity index (χ4v) is 5.10. The molecule has 0 radical (unpaired) electrons. The summed E-state index contributed by atoms with van der Waals surface area (Å²) in [5, 5.41) is 2.82. The van der Waals surface area contributed by atoms with Crippen LogP contribution in [0.25, 0.3) is 16.9 Å². The number of halogens is 5. The number of nitrogens with zero attached hydrogens (tertiary/aromatic N) is 7. The molecule has 3 N–H and O–H groups in total. The van der Waals surface area contributed by atoms with Crippen LogP contribution in [0.5, 0.6) is 5.75 Å². The molecule has 4 heterocycles. The molecule has 5 rings (SSSR count). The lowest BCUT2D eigenvalue weighted by Crippen LogP contribution is -2.31. The van der Waals surface area contributed by atoms with Gasteiger partial charge in [0.05, 0.1) is 23.6 Å². The third-order valence-corrected chi connectivity index (χ3v) is 7.45. The van der Waals surface area contributed by atoms with Crippen LogP contribution in [0.3, 0.4) is 0 Å². The monoisotopic (exact) mass is 605 g/mol. The van der Waals surface area contributed by atoms with E-state index in [4.69, 9.17) is 22.1 Å². The van der Waals surface area contributed by atoms with E-state index < -0.39 is 17.6 Å². The first-order chi connectivity index (χ1) is 20.0. The summed E-state index contributed by atoms with van der Waals surface area (Å²) in [7, 11) is 5.45. The molecule has 0 aliphatic carbocycles. The van der Waals surface area contributed by atoms with Crippen LogP contribution >= 0.6 is 11.6 Å². The van der Waals surface area contributed by atoms with E-state index in [2.05, 4.69) is 30.2 Å². The van der Waals surface area contributed by atoms with Crippen molar-refractivity contribution in [3.63, 3.8) is 0 Å². The van der Waals surface area contributed by atoms with Gasteiger partial charge in [0, 0.05) is 56.9 Å². The van der Waals surface area contributed by atoms with Crippen LogP contribution in [-0.4, -0.2) is 67.5 Å². The Morgan fingerprint density at radius 1 is 1.24 bits per heavy atom. The number of ether oxygens (including phenoxy) is 1. The lowest BCUT2D eigenvalue weighted by atomic mass is 10.1. The number of likely N-dealkylation sites (N-methyl/N-ethyl adjacent to an activating group) is 1. The molecule has 0 saturated carbocycles. The number of nitrogens with two attached hydrogens (primary N) is 1. The van der Waals surface area contributed by atoms with Crippen molar-refractivity contribution >= 4 is 40.2 Å². The second-order valence-electron chi connectivity index (χ2n) is 10.1. The summed E-state index contributed by atoms with van der Waals surface area (Å²) in [4.78, 5) is 20.7. The number of rotatable bonds is 8. The normalized spacial score (nSPS) is 16.5. The highest BCUT2D eigenvalue weighted by molar-refractivity contribution is 6.36. The van der Waals surface area contributed by atoms with Crippen molar-refractivity contribution in [2.75, 3.05) is 32.5 Å². The molecule has 3 aromatic heterocycles. The average molecular weight is 606 g/mol. The van der Waals surface area contributed by atoms with Crippen LogP contribution in [0.4, 0.5) is 29.2 Å². The van der Waals surface area contributed by atoms with Crippen molar-refractivity contribution in [3.8, 4) is 5.75 Å². The molecular weight excluding hydrogens is 578 g/mol. The predicted octanol–water partition coefficient (Wildman–Crippen LogP) is 4.79. The largest absolute Gasteiger partial charge is 0.450 e. The maximum atomic E-state index is 15.7. The van der Waals surface area contributed by atoms with Crippen molar-refractivity contribution in [3.05, 3.63) is 70.8 Å². The highest BCUT2D eigenvalue weighted by atomic mass is 35.5. The number of hydrogen-bond donors (Lipinski definition) is 2. The minimum absolute atomic E-state index is 0.0260. The number of aromatic nitrogens is 5. The zero-order valence-corrected chi connectivity index (χ0v) is 23.7. The Labute approximate surface area is 243 Å². The van der Waals surface area contributed by atoms with Crippen LogP contribution in [0.1, 0.15) is 23.2 Å². The highest BCUT2D eigenvalue weighted by Gasteiger charge is 2.34. The zero-order chi connectivity index (χ0) is 30.2. The molecule has 15 heteroatoms. The standard InChI is InChI=1S/C27H28ClF4N9O/c1-39(2)17-4-7-41(14-17)13-15-8-16(27(30,31)32)9-18(23(15)29)37-26-38-25-24(40(26)3)22(28)21(12-36-25)42-20(10-33)19-11-34-5-6-35-19/h5-6,8-12,17H,4,7,13-14,33H2,1-3H3,(H,36,37,38)/t17-/m1/s1. The summed E-state index contributed by atoms with van der Waals surface area (Å²) in [6.07, 6.45) is 3.08. The van der Waals surface area contributed by atoms with Crippen molar-refractivity contribution < 1.29 is 22.3 Å². The smallest absolute Gasteiger partial charge is 0.416 e. The van der Waals surface area contributed by atoms with Crippen LogP contribution in [0.2, 0.25) is 5.02 Å². The molecule has 1 saturated heterocycles. The molecule has 42 heavy (non-hydrogen) atoms. The average Bonchev–Trinajstić information content (AvgIpc) is 3.55. The van der Waals surface area contributed by atoms with Gasteiger partial charge in [0.2, 0.25) is 5.95 Å². The molecular formula is C27H28ClF4N9O. The van der Waals surface area contributed by atoms with Gasteiger partial charge in [0.15, 0.2) is 23.0 Å². The second kappa shape index (κ2) is 11.7. The molecule has 1 aliphatic heterocycles. The van der Waals surface area contributed by atoms with Gasteiger partial charge in [-0.3, -0.25) is 9.88 Å². The Balaban J connectivity index is 1.47. The summed E-state index contributed by atoms with van der Waals surface area (Å²) >= 11 is 6.63. The number of alkyl halides is 3. The van der Waals surface area contributed by atoms with E-state index in [0.717, 1.165) is 18.6 Å². The molecule has 222 valence electrons. The van der Waals surface area contributed by atoms with Crippen LogP contribution in [-0.2, 0) is 19.8 Å². The maximum absolute atomic E-state index is 15.7. The molecule has 0 bridgehead atoms. The molecule has 0 spiro atoms. The van der Waals surface area contributed by atoms with Crippen molar-refractivity contribution in [2.24, 2.45) is 12.8 Å². The molecule has 0 amide bonds. The van der Waals surface area contributed by atoms with Crippen LogP contribution < -0.4 is 15.8 Å². The van der Waals surface area contributed by atoms with Crippen LogP contribution in [0.15, 0.2) is 43.1 Å². The zero-order valence-electron chi connectivity index (χ0n) is 23.0. The molecule has 1 aromatic carbocycles. The number of pyridine rings is 1. The van der Waals surface area contributed by atoms with Crippen molar-refractivity contribution in [1.29, 1.82) is 0 Å². The molecule has 1 fully saturated rings. The minimum atomic E-state index is -4.68. The van der Waals surface area contributed by atoms with E-state index in [-0.39, 0.29) is 52.0 Å². The fraction of sp³-hybridized carbons (Fsp3) is 0.333. The SMILES string of the molecule is CN(C)[C@@H]1CCN(Cc2cc(C(F)(F)F)cc(Nc3nc4ncc(OC(=CN)c5cnccn5)c(Cl)c4n3C)c2F)C1. The molecule has 10 nitrogen and oxygen atoms in total. The summed E-state index contributed by atoms with van der Waals surface area (Å²) in [5.74, 6) is -0.485. The number of anilines is 2. The lowest BCUT2D eigenvalue weighted by Gasteiger charge is -2.22. The van der Waals surface area contributed by atoms with Gasteiger partial charge < -0.3 is 25.3 Å². The van der Waals surface area contributed by atoms with Gasteiger partial charge in [0.1, 0.15) is 16.2 Å². The molecule has 0 unspecified atom stereocenters. The van der Waals surface area contributed by atoms with E-state index in [1.54, 1.807) is 7.05 Å². The van der Waals surface area contributed by atoms with Crippen molar-refractivity contribution in [2.45, 2.75) is 25.2 Å². The Morgan fingerprint density at radius 2 is 2.02 bits per heavy atom. The predicted molar refractivity (Wildman–Crippen MR) is 150 cm³/mol. The van der Waals surface area contributed by atoms with Gasteiger partial charge in [-0.2, -0.15) is 18.2 Å². The summed E-state index contributed by atoms with van der Waals surface area (Å²) in [6.45, 7) is 1.31. The summed E-state index contributed by atoms with van der Waals surface area (Å²) < 4.78 is 64.5. The van der Waals surface area contributed by atoms with E-state index >= 15 is 4.39 Å². The third-order valence-electron chi connectivity index (χ3n) is 7.09. The number of imidazole rings is 1. The highest BCUT2D eigenvalue weighted by Crippen LogP contribution is 2.38. The topological polar surface area (TPSA) is 110 Å². The first-order valence-electron chi connectivity index (χ1n) is 12.9. The van der Waals surface area contributed by atoms with Gasteiger partial charge in [-0.15, -0.1) is 0 Å². The number of aryl methyl sites for hydroxylation is 1. The van der Waals surface area contributed by atoms with Gasteiger partial charge >= 0.3 is 6.18 Å². The Bertz CT molecular complexity index is 1630. The van der Waals surface area contributed by atoms with Gasteiger partial charge in [0.25, 0.3) is 0 Å². The first-order valence-corrected chi connectivity index (χ1v) is 13.3. The van der Waals surface area contributed by atoms with Gasteiger partial charge in [-0.05, 0) is 32.6 Å². The fourth-order valence-electron chi connectivity index (χ4n) is 4.81. The first kappa shape index (κ1) is 29.5. The van der Waals surface area contributed by atoms with Gasteiger partial charge in [-0.25, -0.2) is 14.4 Å². The molecule has 1 atom stereocenters. The van der Waals surface area contributed by atoms with Crippen LogP contribution in [0, 0.1) is 5.82 Å². The Morgan fingerprint density at radius 3 is 2.67 bits per heavy atom. The number of hydrogen-bond acceptors (Lipinski definition) is 9. The summed E-state index contributed by atoms with van der Waals surface area (Å²) in [5.41, 5.74) is 5.11. The van der Waals surface area contributed by atoms with Crippen molar-refractivity contribution in [1.82, 2.24) is 34.3 Å². The number of benzene rings is 1. The summed E-state index contributed by atoms with van der Waals surface area (Å²) in [6, 6.07) is 1.84. The quantitative estimate of drug-likeness (QED) is 0.216. The minimum Gasteiger partial charge on any atom is -0.450 e. The van der Waals surface area contributed by atoms with Gasteiger partial charge in [-0.1, -0.05) is 11.6 Å². The van der Waals surface area contributed by atoms with E-state index in [0.29, 0.717) is 24.3 Å². The third kappa shape index (κ3) is 5.96. The van der Waals surface area contributed by atoms with E-state index in [9.17, 15) is 13.2 Å². The number of likely N-dealkylation sites (tertiary alicyclic amines) is 1. The maximum Gasteiger partial charge on any atom is 0.416 e. The number of fused-ring (bicyclic) bond motifs is 1. The molecule has 1 aliphatic rings. The van der Waals surface area contributed by atoms with E-state index in [1.165, 1.54) is 35.6 Å².